The van der Waals surface area contributed by atoms with E-state index in [9.17, 15) is 0 Å². The first-order valence-electron chi connectivity index (χ1n) is 5.55. The van der Waals surface area contributed by atoms with Crippen molar-refractivity contribution in [2.75, 3.05) is 0 Å². The highest BCUT2D eigenvalue weighted by atomic mass is 79.9. The molecule has 2 aromatic rings. The van der Waals surface area contributed by atoms with Crippen LogP contribution in [0.1, 0.15) is 28.7 Å². The summed E-state index contributed by atoms with van der Waals surface area (Å²) >= 11 is 5.26. The monoisotopic (exact) mass is 313 g/mol. The van der Waals surface area contributed by atoms with E-state index in [-0.39, 0.29) is 6.04 Å². The van der Waals surface area contributed by atoms with Crippen LogP contribution in [0.4, 0.5) is 0 Å². The molecule has 3 nitrogen and oxygen atoms in total. The third kappa shape index (κ3) is 2.97. The predicted octanol–water partition coefficient (Wildman–Crippen LogP) is 3.19. The summed E-state index contributed by atoms with van der Waals surface area (Å²) in [5.41, 5.74) is 7.46. The summed E-state index contributed by atoms with van der Waals surface area (Å²) in [7, 11) is 2.01. The number of hydrogen-bond acceptors (Lipinski definition) is 3. The quantitative estimate of drug-likeness (QED) is 0.942. The first-order valence-corrected chi connectivity index (χ1v) is 7.16. The molecule has 2 aromatic heterocycles. The molecule has 17 heavy (non-hydrogen) atoms. The Labute approximate surface area is 114 Å². The van der Waals surface area contributed by atoms with Gasteiger partial charge in [0.25, 0.3) is 0 Å². The number of aromatic nitrogens is 2. The topological polar surface area (TPSA) is 43.8 Å². The normalized spacial score (nSPS) is 12.9. The standard InChI is InChI=1S/C12H16BrN3S/c1-8-7-10(17-12(8)13)9(14)3-4-11-15-5-6-16(11)2/h5-7,9H,3-4,14H2,1-2H3. The van der Waals surface area contributed by atoms with Gasteiger partial charge in [0, 0.05) is 36.8 Å². The van der Waals surface area contributed by atoms with Gasteiger partial charge in [-0.3, -0.25) is 0 Å². The third-order valence-electron chi connectivity index (χ3n) is 2.84. The van der Waals surface area contributed by atoms with Crippen molar-refractivity contribution in [1.82, 2.24) is 9.55 Å². The van der Waals surface area contributed by atoms with Gasteiger partial charge in [0.1, 0.15) is 5.82 Å². The highest BCUT2D eigenvalue weighted by Crippen LogP contribution is 2.31. The lowest BCUT2D eigenvalue weighted by molar-refractivity contribution is 0.628. The van der Waals surface area contributed by atoms with Gasteiger partial charge in [-0.15, -0.1) is 11.3 Å². The molecule has 2 heterocycles. The molecule has 1 unspecified atom stereocenters. The van der Waals surface area contributed by atoms with Crippen LogP contribution >= 0.6 is 27.3 Å². The summed E-state index contributed by atoms with van der Waals surface area (Å²) < 4.78 is 3.22. The fraction of sp³-hybridized carbons (Fsp3) is 0.417. The Morgan fingerprint density at radius 1 is 1.59 bits per heavy atom. The summed E-state index contributed by atoms with van der Waals surface area (Å²) in [5.74, 6) is 1.09. The Hall–Kier alpha value is -0.650. The number of hydrogen-bond donors (Lipinski definition) is 1. The van der Waals surface area contributed by atoms with Crippen molar-refractivity contribution in [3.63, 3.8) is 0 Å². The van der Waals surface area contributed by atoms with Crippen LogP contribution in [0.3, 0.4) is 0 Å². The highest BCUT2D eigenvalue weighted by Gasteiger charge is 2.12. The smallest absolute Gasteiger partial charge is 0.108 e. The van der Waals surface area contributed by atoms with Crippen LogP contribution in [-0.2, 0) is 13.5 Å². The lowest BCUT2D eigenvalue weighted by atomic mass is 10.1. The van der Waals surface area contributed by atoms with Crippen LogP contribution in [0.15, 0.2) is 22.2 Å². The lowest BCUT2D eigenvalue weighted by Crippen LogP contribution is -2.11. The molecular weight excluding hydrogens is 298 g/mol. The van der Waals surface area contributed by atoms with Crippen molar-refractivity contribution in [3.05, 3.63) is 38.5 Å². The number of rotatable bonds is 4. The third-order valence-corrected chi connectivity index (χ3v) is 5.11. The molecule has 0 fully saturated rings. The molecule has 0 saturated heterocycles. The van der Waals surface area contributed by atoms with Gasteiger partial charge >= 0.3 is 0 Å². The Morgan fingerprint density at radius 3 is 2.88 bits per heavy atom. The summed E-state index contributed by atoms with van der Waals surface area (Å²) in [6, 6.07) is 2.26. The van der Waals surface area contributed by atoms with Crippen molar-refractivity contribution in [2.24, 2.45) is 12.8 Å². The molecule has 2 rings (SSSR count). The van der Waals surface area contributed by atoms with Gasteiger partial charge in [0.15, 0.2) is 0 Å². The molecule has 0 aliphatic carbocycles. The summed E-state index contributed by atoms with van der Waals surface area (Å²) in [6.45, 7) is 2.09. The molecule has 0 aliphatic rings. The minimum absolute atomic E-state index is 0.0988. The fourth-order valence-corrected chi connectivity index (χ4v) is 3.34. The number of halogens is 1. The average Bonchev–Trinajstić information content (AvgIpc) is 2.83. The van der Waals surface area contributed by atoms with Gasteiger partial charge in [-0.1, -0.05) is 0 Å². The maximum Gasteiger partial charge on any atom is 0.108 e. The van der Waals surface area contributed by atoms with Gasteiger partial charge in [-0.2, -0.15) is 0 Å². The van der Waals surface area contributed by atoms with Crippen LogP contribution in [0.5, 0.6) is 0 Å². The van der Waals surface area contributed by atoms with Crippen LogP contribution in [0.2, 0.25) is 0 Å². The fourth-order valence-electron chi connectivity index (χ4n) is 1.73. The molecule has 0 saturated carbocycles. The SMILES string of the molecule is Cc1cc(C(N)CCc2nccn2C)sc1Br. The maximum atomic E-state index is 6.20. The van der Waals surface area contributed by atoms with Gasteiger partial charge < -0.3 is 10.3 Å². The molecule has 0 bridgehead atoms. The average molecular weight is 314 g/mol. The molecule has 0 aromatic carbocycles. The van der Waals surface area contributed by atoms with E-state index in [0.717, 1.165) is 18.7 Å². The second kappa shape index (κ2) is 5.33. The molecular formula is C12H16BrN3S. The van der Waals surface area contributed by atoms with Crippen molar-refractivity contribution in [3.8, 4) is 0 Å². The van der Waals surface area contributed by atoms with Crippen LogP contribution in [0.25, 0.3) is 0 Å². The van der Waals surface area contributed by atoms with E-state index in [4.69, 9.17) is 5.73 Å². The maximum absolute atomic E-state index is 6.20. The Balaban J connectivity index is 1.98. The van der Waals surface area contributed by atoms with Crippen molar-refractivity contribution >= 4 is 27.3 Å². The minimum Gasteiger partial charge on any atom is -0.338 e. The summed E-state index contributed by atoms with van der Waals surface area (Å²) in [6.07, 6.45) is 5.63. The van der Waals surface area contributed by atoms with Crippen LogP contribution in [-0.4, -0.2) is 9.55 Å². The van der Waals surface area contributed by atoms with E-state index in [1.165, 1.54) is 14.2 Å². The molecule has 0 amide bonds. The molecule has 2 N–H and O–H groups in total. The van der Waals surface area contributed by atoms with E-state index in [0.29, 0.717) is 0 Å². The number of imidazole rings is 1. The molecule has 0 radical (unpaired) electrons. The first kappa shape index (κ1) is 12.8. The van der Waals surface area contributed by atoms with Crippen molar-refractivity contribution < 1.29 is 0 Å². The van der Waals surface area contributed by atoms with Gasteiger partial charge in [0.2, 0.25) is 0 Å². The number of nitrogens with two attached hydrogens (primary N) is 1. The molecule has 0 aliphatic heterocycles. The van der Waals surface area contributed by atoms with Crippen LogP contribution in [0, 0.1) is 6.92 Å². The zero-order valence-electron chi connectivity index (χ0n) is 9.98. The van der Waals surface area contributed by atoms with Crippen LogP contribution < -0.4 is 5.73 Å². The largest absolute Gasteiger partial charge is 0.338 e. The van der Waals surface area contributed by atoms with Crippen molar-refractivity contribution in [1.29, 1.82) is 0 Å². The van der Waals surface area contributed by atoms with E-state index in [2.05, 4.69) is 33.9 Å². The van der Waals surface area contributed by atoms with E-state index in [1.807, 2.05) is 24.0 Å². The predicted molar refractivity (Wildman–Crippen MR) is 75.2 cm³/mol. The molecule has 0 spiro atoms. The first-order chi connectivity index (χ1) is 8.08. The Kier molecular flexibility index (Phi) is 4.01. The van der Waals surface area contributed by atoms with Crippen molar-refractivity contribution in [2.45, 2.75) is 25.8 Å². The van der Waals surface area contributed by atoms with E-state index < -0.39 is 0 Å². The van der Waals surface area contributed by atoms with Gasteiger partial charge in [0.05, 0.1) is 3.79 Å². The number of aryl methyl sites for hydroxylation is 3. The van der Waals surface area contributed by atoms with E-state index >= 15 is 0 Å². The minimum atomic E-state index is 0.0988. The zero-order valence-corrected chi connectivity index (χ0v) is 12.4. The molecule has 5 heteroatoms. The molecule has 1 atom stereocenters. The number of nitrogens with zero attached hydrogens (tertiary/aromatic N) is 2. The Bertz CT molecular complexity index is 484. The second-order valence-corrected chi connectivity index (χ2v) is 6.61. The second-order valence-electron chi connectivity index (χ2n) is 4.21. The summed E-state index contributed by atoms with van der Waals surface area (Å²) in [5, 5.41) is 0. The summed E-state index contributed by atoms with van der Waals surface area (Å²) in [4.78, 5) is 5.55. The van der Waals surface area contributed by atoms with E-state index in [1.54, 1.807) is 11.3 Å². The van der Waals surface area contributed by atoms with Gasteiger partial charge in [-0.05, 0) is 40.9 Å². The zero-order chi connectivity index (χ0) is 12.4. The Morgan fingerprint density at radius 2 is 2.35 bits per heavy atom. The van der Waals surface area contributed by atoms with Gasteiger partial charge in [-0.25, -0.2) is 4.98 Å². The lowest BCUT2D eigenvalue weighted by Gasteiger charge is -2.09. The number of thiophene rings is 1. The molecule has 92 valence electrons. The highest BCUT2D eigenvalue weighted by molar-refractivity contribution is 9.11.